The highest BCUT2D eigenvalue weighted by Crippen LogP contribution is 2.35. The van der Waals surface area contributed by atoms with Gasteiger partial charge in [-0.05, 0) is 24.8 Å². The van der Waals surface area contributed by atoms with Crippen molar-refractivity contribution in [3.05, 3.63) is 29.6 Å². The topological polar surface area (TPSA) is 46.2 Å². The Balaban J connectivity index is 2.20. The Kier molecular flexibility index (Phi) is 2.91. The third kappa shape index (κ3) is 2.12. The van der Waals surface area contributed by atoms with Crippen LogP contribution in [0.3, 0.4) is 0 Å². The molecule has 0 bridgehead atoms. The molecule has 0 aromatic heterocycles. The van der Waals surface area contributed by atoms with Gasteiger partial charge in [0.05, 0.1) is 0 Å². The summed E-state index contributed by atoms with van der Waals surface area (Å²) in [4.78, 5) is 0. The lowest BCUT2D eigenvalue weighted by molar-refractivity contribution is 0.424. The van der Waals surface area contributed by atoms with Crippen LogP contribution in [0.25, 0.3) is 0 Å². The van der Waals surface area contributed by atoms with Crippen molar-refractivity contribution in [2.75, 3.05) is 0 Å². The monoisotopic (exact) mass is 209 g/mol. The molecule has 1 aliphatic carbocycles. The first kappa shape index (κ1) is 10.4. The van der Waals surface area contributed by atoms with Gasteiger partial charge in [-0.3, -0.25) is 0 Å². The smallest absolute Gasteiger partial charge is 0.131 e. The molecule has 0 heterocycles. The summed E-state index contributed by atoms with van der Waals surface area (Å²) in [5.74, 6) is -0.0479. The van der Waals surface area contributed by atoms with Gasteiger partial charge in [0.15, 0.2) is 0 Å². The molecule has 2 nitrogen and oxygen atoms in total. The summed E-state index contributed by atoms with van der Waals surface area (Å²) >= 11 is 0. The van der Waals surface area contributed by atoms with E-state index in [1.807, 2.05) is 0 Å². The normalized spacial score (nSPS) is 19.3. The fourth-order valence-electron chi connectivity index (χ4n) is 2.36. The van der Waals surface area contributed by atoms with Crippen molar-refractivity contribution < 1.29 is 9.50 Å². The highest BCUT2D eigenvalue weighted by molar-refractivity contribution is 5.30. The molecule has 0 radical (unpaired) electrons. The molecular weight excluding hydrogens is 193 g/mol. The van der Waals surface area contributed by atoms with Crippen LogP contribution in [-0.2, 0) is 0 Å². The van der Waals surface area contributed by atoms with Gasteiger partial charge in [0.25, 0.3) is 0 Å². The van der Waals surface area contributed by atoms with Crippen molar-refractivity contribution in [3.8, 4) is 5.75 Å². The van der Waals surface area contributed by atoms with E-state index in [2.05, 4.69) is 0 Å². The Morgan fingerprint density at radius 3 is 2.60 bits per heavy atom. The molecule has 3 N–H and O–H groups in total. The van der Waals surface area contributed by atoms with Gasteiger partial charge in [-0.15, -0.1) is 0 Å². The SMILES string of the molecule is N[C@H](c1ccc(O)cc1F)C1CCCC1. The van der Waals surface area contributed by atoms with Crippen molar-refractivity contribution >= 4 is 0 Å². The van der Waals surface area contributed by atoms with Crippen LogP contribution in [0.5, 0.6) is 5.75 Å². The number of aromatic hydroxyl groups is 1. The van der Waals surface area contributed by atoms with Crippen LogP contribution >= 0.6 is 0 Å². The summed E-state index contributed by atoms with van der Waals surface area (Å²) in [6, 6.07) is 3.98. The molecule has 0 unspecified atom stereocenters. The summed E-state index contributed by atoms with van der Waals surface area (Å²) in [6.45, 7) is 0. The molecule has 2 rings (SSSR count). The van der Waals surface area contributed by atoms with E-state index in [4.69, 9.17) is 10.8 Å². The van der Waals surface area contributed by atoms with E-state index >= 15 is 0 Å². The zero-order valence-corrected chi connectivity index (χ0v) is 8.62. The number of nitrogens with two attached hydrogens (primary N) is 1. The average Bonchev–Trinajstić information content (AvgIpc) is 2.69. The van der Waals surface area contributed by atoms with Crippen LogP contribution in [0, 0.1) is 11.7 Å². The maximum atomic E-state index is 13.5. The quantitative estimate of drug-likeness (QED) is 0.786. The first-order chi connectivity index (χ1) is 7.18. The third-order valence-electron chi connectivity index (χ3n) is 3.25. The highest BCUT2D eigenvalue weighted by Gasteiger charge is 2.25. The van der Waals surface area contributed by atoms with E-state index in [9.17, 15) is 4.39 Å². The van der Waals surface area contributed by atoms with Crippen LogP contribution in [0.1, 0.15) is 37.3 Å². The summed E-state index contributed by atoms with van der Waals surface area (Å²) in [5, 5.41) is 9.10. The summed E-state index contributed by atoms with van der Waals surface area (Å²) in [5.41, 5.74) is 6.56. The van der Waals surface area contributed by atoms with Crippen LogP contribution in [-0.4, -0.2) is 5.11 Å². The second-order valence-corrected chi connectivity index (χ2v) is 4.28. The summed E-state index contributed by atoms with van der Waals surface area (Å²) in [7, 11) is 0. The Bertz CT molecular complexity index is 347. The third-order valence-corrected chi connectivity index (χ3v) is 3.25. The summed E-state index contributed by atoms with van der Waals surface area (Å²) < 4.78 is 13.5. The van der Waals surface area contributed by atoms with Gasteiger partial charge in [0.1, 0.15) is 11.6 Å². The van der Waals surface area contributed by atoms with Crippen molar-refractivity contribution in [1.29, 1.82) is 0 Å². The van der Waals surface area contributed by atoms with Gasteiger partial charge in [-0.2, -0.15) is 0 Å². The molecule has 0 aliphatic heterocycles. The number of phenolic OH excluding ortho intramolecular Hbond substituents is 1. The molecule has 1 atom stereocenters. The van der Waals surface area contributed by atoms with Crippen molar-refractivity contribution in [2.45, 2.75) is 31.7 Å². The van der Waals surface area contributed by atoms with Crippen molar-refractivity contribution in [3.63, 3.8) is 0 Å². The zero-order valence-electron chi connectivity index (χ0n) is 8.62. The average molecular weight is 209 g/mol. The number of benzene rings is 1. The molecular formula is C12H16FNO. The molecule has 1 aromatic carbocycles. The molecule has 1 aliphatic rings. The molecule has 1 saturated carbocycles. The van der Waals surface area contributed by atoms with E-state index in [1.54, 1.807) is 6.07 Å². The fourth-order valence-corrected chi connectivity index (χ4v) is 2.36. The Labute approximate surface area is 88.9 Å². The molecule has 1 fully saturated rings. The van der Waals surface area contributed by atoms with E-state index in [0.29, 0.717) is 11.5 Å². The lowest BCUT2D eigenvalue weighted by atomic mass is 9.92. The van der Waals surface area contributed by atoms with Crippen LogP contribution in [0.15, 0.2) is 18.2 Å². The largest absolute Gasteiger partial charge is 0.508 e. The van der Waals surface area contributed by atoms with E-state index in [-0.39, 0.29) is 11.8 Å². The first-order valence-electron chi connectivity index (χ1n) is 5.42. The molecule has 82 valence electrons. The predicted molar refractivity (Wildman–Crippen MR) is 57.0 cm³/mol. The highest BCUT2D eigenvalue weighted by atomic mass is 19.1. The van der Waals surface area contributed by atoms with Gasteiger partial charge in [-0.1, -0.05) is 18.9 Å². The number of halogens is 1. The van der Waals surface area contributed by atoms with Gasteiger partial charge < -0.3 is 10.8 Å². The Morgan fingerprint density at radius 2 is 2.00 bits per heavy atom. The van der Waals surface area contributed by atoms with Gasteiger partial charge in [-0.25, -0.2) is 4.39 Å². The lowest BCUT2D eigenvalue weighted by Gasteiger charge is -2.19. The van der Waals surface area contributed by atoms with Crippen LogP contribution < -0.4 is 5.73 Å². The molecule has 0 amide bonds. The molecule has 0 saturated heterocycles. The van der Waals surface area contributed by atoms with Crippen LogP contribution in [0.2, 0.25) is 0 Å². The predicted octanol–water partition coefficient (Wildman–Crippen LogP) is 2.72. The zero-order chi connectivity index (χ0) is 10.8. The second kappa shape index (κ2) is 4.19. The maximum Gasteiger partial charge on any atom is 0.131 e. The van der Waals surface area contributed by atoms with Crippen LogP contribution in [0.4, 0.5) is 4.39 Å². The number of hydrogen-bond donors (Lipinski definition) is 2. The fraction of sp³-hybridized carbons (Fsp3) is 0.500. The second-order valence-electron chi connectivity index (χ2n) is 4.28. The van der Waals surface area contributed by atoms with E-state index in [1.165, 1.54) is 18.9 Å². The minimum atomic E-state index is -0.394. The standard InChI is InChI=1S/C12H16FNO/c13-11-7-9(15)5-6-10(11)12(14)8-3-1-2-4-8/h5-8,12,15H,1-4,14H2/t12-/m0/s1. The number of phenols is 1. The van der Waals surface area contributed by atoms with Gasteiger partial charge in [0.2, 0.25) is 0 Å². The molecule has 0 spiro atoms. The van der Waals surface area contributed by atoms with E-state index < -0.39 is 5.82 Å². The number of hydrogen-bond acceptors (Lipinski definition) is 2. The first-order valence-corrected chi connectivity index (χ1v) is 5.42. The Morgan fingerprint density at radius 1 is 1.33 bits per heavy atom. The van der Waals surface area contributed by atoms with Crippen molar-refractivity contribution in [2.24, 2.45) is 11.7 Å². The minimum Gasteiger partial charge on any atom is -0.508 e. The minimum absolute atomic E-state index is 0.0464. The maximum absolute atomic E-state index is 13.5. The van der Waals surface area contributed by atoms with E-state index in [0.717, 1.165) is 18.9 Å². The molecule has 15 heavy (non-hydrogen) atoms. The molecule has 3 heteroatoms. The Hall–Kier alpha value is -1.09. The lowest BCUT2D eigenvalue weighted by Crippen LogP contribution is -2.20. The summed E-state index contributed by atoms with van der Waals surface area (Å²) in [6.07, 6.45) is 4.55. The van der Waals surface area contributed by atoms with Gasteiger partial charge >= 0.3 is 0 Å². The number of rotatable bonds is 2. The molecule has 1 aromatic rings. The van der Waals surface area contributed by atoms with Crippen molar-refractivity contribution in [1.82, 2.24) is 0 Å². The van der Waals surface area contributed by atoms with Gasteiger partial charge in [0, 0.05) is 17.7 Å².